The minimum absolute atomic E-state index is 0.697. The van der Waals surface area contributed by atoms with Gasteiger partial charge in [-0.3, -0.25) is 4.79 Å². The molecule has 3 heterocycles. The number of rotatable bonds is 8. The molecule has 3 fully saturated rings. The average molecular weight is 545 g/mol. The molecule has 37 heavy (non-hydrogen) atoms. The van der Waals surface area contributed by atoms with E-state index in [0.717, 1.165) is 6.92 Å². The van der Waals surface area contributed by atoms with Crippen molar-refractivity contribution in [1.29, 1.82) is 0 Å². The van der Waals surface area contributed by atoms with Gasteiger partial charge in [0.05, 0.1) is 19.3 Å². The molecule has 0 amide bonds. The van der Waals surface area contributed by atoms with Crippen LogP contribution in [0.15, 0.2) is 0 Å². The first-order valence-electron chi connectivity index (χ1n) is 11.7. The number of ether oxygens (including phenoxy) is 7. The fraction of sp³-hybridized carbons (Fsp3) is 0.952. The Kier molecular flexibility index (Phi) is 10.6. The van der Waals surface area contributed by atoms with Crippen molar-refractivity contribution in [1.82, 2.24) is 0 Å². The molecule has 216 valence electrons. The maximum Gasteiger partial charge on any atom is 0.303 e. The zero-order valence-corrected chi connectivity index (χ0v) is 20.4. The second-order valence-corrected chi connectivity index (χ2v) is 9.11. The van der Waals surface area contributed by atoms with Gasteiger partial charge >= 0.3 is 5.97 Å². The summed E-state index contributed by atoms with van der Waals surface area (Å²) in [4.78, 5) is 11.8. The summed E-state index contributed by atoms with van der Waals surface area (Å²) < 4.78 is 38.6. The van der Waals surface area contributed by atoms with Crippen LogP contribution in [0.5, 0.6) is 0 Å². The van der Waals surface area contributed by atoms with E-state index in [2.05, 4.69) is 0 Å². The molecule has 3 rings (SSSR count). The molecule has 0 aliphatic carbocycles. The number of hydrogen-bond acceptors (Lipinski definition) is 16. The number of aliphatic hydroxyl groups is 8. The molecule has 0 saturated carbocycles. The van der Waals surface area contributed by atoms with Crippen LogP contribution in [0.2, 0.25) is 0 Å². The molecule has 16 heteroatoms. The van der Waals surface area contributed by atoms with Gasteiger partial charge < -0.3 is 74.0 Å². The number of methoxy groups -OCH3 is 1. The molecule has 3 saturated heterocycles. The van der Waals surface area contributed by atoms with E-state index in [1.807, 2.05) is 0 Å². The Bertz CT molecular complexity index is 739. The summed E-state index contributed by atoms with van der Waals surface area (Å²) in [5.74, 6) is -0.721. The molecule has 0 bridgehead atoms. The van der Waals surface area contributed by atoms with Crippen LogP contribution >= 0.6 is 0 Å². The van der Waals surface area contributed by atoms with E-state index in [0.29, 0.717) is 0 Å². The summed E-state index contributed by atoms with van der Waals surface area (Å²) in [6.07, 6.45) is -22.3. The van der Waals surface area contributed by atoms with Gasteiger partial charge in [0.1, 0.15) is 61.0 Å². The third-order valence-corrected chi connectivity index (χ3v) is 6.57. The molecule has 3 aliphatic heterocycles. The van der Waals surface area contributed by atoms with E-state index >= 15 is 0 Å². The van der Waals surface area contributed by atoms with Crippen molar-refractivity contribution in [3.05, 3.63) is 0 Å². The zero-order valence-electron chi connectivity index (χ0n) is 20.4. The summed E-state index contributed by atoms with van der Waals surface area (Å²) in [7, 11) is 1.22. The second-order valence-electron chi connectivity index (χ2n) is 9.11. The van der Waals surface area contributed by atoms with Crippen LogP contribution in [0.1, 0.15) is 13.8 Å². The molecule has 0 aromatic carbocycles. The van der Waals surface area contributed by atoms with Gasteiger partial charge in [-0.05, 0) is 6.92 Å². The van der Waals surface area contributed by atoms with E-state index in [9.17, 15) is 45.6 Å². The smallest absolute Gasteiger partial charge is 0.303 e. The maximum absolute atomic E-state index is 11.8. The van der Waals surface area contributed by atoms with E-state index in [1.165, 1.54) is 14.0 Å². The minimum atomic E-state index is -1.80. The summed E-state index contributed by atoms with van der Waals surface area (Å²) in [5.41, 5.74) is 0. The van der Waals surface area contributed by atoms with Gasteiger partial charge in [0.2, 0.25) is 0 Å². The number of hydrogen-bond donors (Lipinski definition) is 8. The molecule has 15 atom stereocenters. The van der Waals surface area contributed by atoms with Gasteiger partial charge in [-0.1, -0.05) is 0 Å². The van der Waals surface area contributed by atoms with E-state index in [1.54, 1.807) is 0 Å². The van der Waals surface area contributed by atoms with Gasteiger partial charge in [0.15, 0.2) is 25.0 Å². The maximum atomic E-state index is 11.8. The molecule has 0 spiro atoms. The van der Waals surface area contributed by atoms with Crippen LogP contribution in [-0.4, -0.2) is 159 Å². The lowest BCUT2D eigenvalue weighted by Gasteiger charge is -2.49. The Labute approximate surface area is 211 Å². The summed E-state index contributed by atoms with van der Waals surface area (Å²) >= 11 is 0. The minimum Gasteiger partial charge on any atom is -0.457 e. The quantitative estimate of drug-likeness (QED) is 0.133. The standard InChI is InChI=1S/C21H36O16/c1-6-15(33-7(2)24)17(37-20-13(28)12(27)10(25)8(4-22)35-20)18(31-3)21(32-6)36-16-11(26)9(5-23)34-19(30)14(16)29/h6,8-23,25-30H,4-5H2,1-3H3/t6-,8+,9+,10+,11+,12-,13+,14+,15+,16-,17+,18+,19+,20-,21-/m0/s1. The first-order chi connectivity index (χ1) is 17.4. The van der Waals surface area contributed by atoms with Crippen molar-refractivity contribution < 1.29 is 78.8 Å². The lowest BCUT2D eigenvalue weighted by atomic mass is 9.96. The third-order valence-electron chi connectivity index (χ3n) is 6.57. The molecule has 3 aliphatic rings. The van der Waals surface area contributed by atoms with Crippen molar-refractivity contribution in [3.63, 3.8) is 0 Å². The highest BCUT2D eigenvalue weighted by Gasteiger charge is 2.54. The lowest BCUT2D eigenvalue weighted by Crippen LogP contribution is -2.66. The summed E-state index contributed by atoms with van der Waals surface area (Å²) in [6.45, 7) is 1.21. The number of aliphatic hydroxyl groups excluding tert-OH is 8. The monoisotopic (exact) mass is 544 g/mol. The van der Waals surface area contributed by atoms with Crippen molar-refractivity contribution in [3.8, 4) is 0 Å². The Hall–Kier alpha value is -1.09. The Balaban J connectivity index is 1.88. The highest BCUT2D eigenvalue weighted by atomic mass is 16.8. The lowest BCUT2D eigenvalue weighted by molar-refractivity contribution is -0.378. The molecule has 0 aromatic rings. The second kappa shape index (κ2) is 12.8. The average Bonchev–Trinajstić information content (AvgIpc) is 2.86. The van der Waals surface area contributed by atoms with Crippen molar-refractivity contribution in [2.45, 2.75) is 106 Å². The molecule has 16 nitrogen and oxygen atoms in total. The van der Waals surface area contributed by atoms with Crippen LogP contribution in [0.25, 0.3) is 0 Å². The Morgan fingerprint density at radius 1 is 0.703 bits per heavy atom. The van der Waals surface area contributed by atoms with Crippen molar-refractivity contribution in [2.75, 3.05) is 20.3 Å². The third kappa shape index (κ3) is 6.39. The summed E-state index contributed by atoms with van der Waals surface area (Å²) in [6, 6.07) is 0. The predicted octanol–water partition coefficient (Wildman–Crippen LogP) is -5.32. The van der Waals surface area contributed by atoms with Crippen molar-refractivity contribution >= 4 is 5.97 Å². The molecule has 8 N–H and O–H groups in total. The SMILES string of the molecule is CO[C@H]1[C@H](O[C@@H]2[C@@H](O)[C@H](O)O[C@H](CO)[C@H]2O)O[C@@H](C)[C@@H](OC(C)=O)[C@H]1O[C@@H]1O[C@H](CO)[C@@H](O)[C@H](O)[C@H]1O. The topological polar surface area (TPSA) is 244 Å². The van der Waals surface area contributed by atoms with E-state index in [-0.39, 0.29) is 0 Å². The van der Waals surface area contributed by atoms with Crippen LogP contribution in [0.3, 0.4) is 0 Å². The number of carbonyl (C=O) groups excluding carboxylic acids is 1. The van der Waals surface area contributed by atoms with Gasteiger partial charge in [-0.15, -0.1) is 0 Å². The fourth-order valence-electron chi connectivity index (χ4n) is 4.56. The van der Waals surface area contributed by atoms with Gasteiger partial charge in [0.25, 0.3) is 0 Å². The van der Waals surface area contributed by atoms with Gasteiger partial charge in [-0.2, -0.15) is 0 Å². The Morgan fingerprint density at radius 2 is 1.30 bits per heavy atom. The predicted molar refractivity (Wildman–Crippen MR) is 114 cm³/mol. The van der Waals surface area contributed by atoms with Crippen LogP contribution < -0.4 is 0 Å². The van der Waals surface area contributed by atoms with Gasteiger partial charge in [0, 0.05) is 14.0 Å². The first-order valence-corrected chi connectivity index (χ1v) is 11.7. The van der Waals surface area contributed by atoms with E-state index in [4.69, 9.17) is 33.2 Å². The summed E-state index contributed by atoms with van der Waals surface area (Å²) in [5, 5.41) is 80.4. The van der Waals surface area contributed by atoms with E-state index < -0.39 is 111 Å². The normalized spacial score (nSPS) is 49.0. The molecule has 0 unspecified atom stereocenters. The largest absolute Gasteiger partial charge is 0.457 e. The van der Waals surface area contributed by atoms with Crippen LogP contribution in [0.4, 0.5) is 0 Å². The van der Waals surface area contributed by atoms with Crippen LogP contribution in [0, 0.1) is 0 Å². The number of carbonyl (C=O) groups is 1. The van der Waals surface area contributed by atoms with Crippen LogP contribution in [-0.2, 0) is 38.0 Å². The number of esters is 1. The molecular weight excluding hydrogens is 508 g/mol. The fourth-order valence-corrected chi connectivity index (χ4v) is 4.56. The Morgan fingerprint density at radius 3 is 1.86 bits per heavy atom. The first kappa shape index (κ1) is 30.5. The molecule has 0 aromatic heterocycles. The van der Waals surface area contributed by atoms with Crippen molar-refractivity contribution in [2.24, 2.45) is 0 Å². The molecular formula is C21H36O16. The molecule has 0 radical (unpaired) electrons. The van der Waals surface area contributed by atoms with Gasteiger partial charge in [-0.25, -0.2) is 0 Å². The highest BCUT2D eigenvalue weighted by Crippen LogP contribution is 2.34. The zero-order chi connectivity index (χ0) is 27.6. The highest BCUT2D eigenvalue weighted by molar-refractivity contribution is 5.66.